The third-order valence-corrected chi connectivity index (χ3v) is 6.79. The van der Waals surface area contributed by atoms with Gasteiger partial charge >= 0.3 is 18.0 Å². The fraction of sp³-hybridized carbons (Fsp3) is 0.238. The number of furan rings is 1. The molecule has 0 spiro atoms. The highest BCUT2D eigenvalue weighted by Crippen LogP contribution is 2.44. The lowest BCUT2D eigenvalue weighted by Crippen LogP contribution is -2.30. The molecule has 1 aliphatic heterocycles. The van der Waals surface area contributed by atoms with Crippen LogP contribution < -0.4 is 14.8 Å². The maximum Gasteiger partial charge on any atom is 0.373 e. The highest BCUT2D eigenvalue weighted by Gasteiger charge is 2.35. The summed E-state index contributed by atoms with van der Waals surface area (Å²) in [5.74, 6) is -1.96. The Morgan fingerprint density at radius 1 is 1.24 bits per heavy atom. The second kappa shape index (κ2) is 10.3. The first-order valence-electron chi connectivity index (χ1n) is 9.54. The highest BCUT2D eigenvalue weighted by atomic mass is 79.9. The van der Waals surface area contributed by atoms with Gasteiger partial charge in [-0.05, 0) is 68.6 Å². The molecule has 3 amide bonds. The molecule has 11 nitrogen and oxygen atoms in total. The van der Waals surface area contributed by atoms with E-state index < -0.39 is 30.0 Å². The summed E-state index contributed by atoms with van der Waals surface area (Å²) in [5, 5.41) is 11.6. The zero-order valence-electron chi connectivity index (χ0n) is 18.0. The Bertz CT molecular complexity index is 1210. The largest absolute Gasteiger partial charge is 0.493 e. The number of esters is 1. The molecule has 1 aromatic heterocycles. The number of carboxylic acids is 1. The Balaban J connectivity index is 1.88. The van der Waals surface area contributed by atoms with Crippen molar-refractivity contribution in [1.29, 1.82) is 0 Å². The number of hydrogen-bond donors (Lipinski definition) is 2. The standard InChI is InChI=1S/C21H18Br2N2O9/c1-9(19(27)28)33-17-14(31-2)7-10(15(22)16(17)23)6-12-18(26)25(21(30)24-12)8-11-4-5-13(34-11)20(29)32-3/h4-7,9H,8H2,1-3H3,(H,24,30)(H,27,28)/b12-6-/t9-/m1/s1. The minimum absolute atomic E-state index is 0.0213. The summed E-state index contributed by atoms with van der Waals surface area (Å²) < 4.78 is 21.5. The average Bonchev–Trinajstić information content (AvgIpc) is 3.38. The zero-order chi connectivity index (χ0) is 25.2. The van der Waals surface area contributed by atoms with Crippen LogP contribution in [-0.4, -0.2) is 54.2 Å². The van der Waals surface area contributed by atoms with Crippen LogP contribution in [0.15, 0.2) is 37.3 Å². The lowest BCUT2D eigenvalue weighted by atomic mass is 10.1. The topological polar surface area (TPSA) is 145 Å². The number of carboxylic acid groups (broad SMARTS) is 1. The number of carbonyl (C=O) groups excluding carboxylic acids is 3. The van der Waals surface area contributed by atoms with Crippen LogP contribution in [-0.2, 0) is 20.9 Å². The number of rotatable bonds is 8. The molecule has 0 unspecified atom stereocenters. The van der Waals surface area contributed by atoms with Crippen LogP contribution >= 0.6 is 31.9 Å². The number of halogens is 2. The zero-order valence-corrected chi connectivity index (χ0v) is 21.2. The minimum atomic E-state index is -1.16. The molecule has 2 heterocycles. The third kappa shape index (κ3) is 5.09. The number of imide groups is 1. The van der Waals surface area contributed by atoms with Gasteiger partial charge in [0.2, 0.25) is 5.76 Å². The van der Waals surface area contributed by atoms with Crippen LogP contribution in [0.25, 0.3) is 6.08 Å². The lowest BCUT2D eigenvalue weighted by molar-refractivity contribution is -0.144. The number of nitrogens with zero attached hydrogens (tertiary/aromatic N) is 1. The van der Waals surface area contributed by atoms with Gasteiger partial charge in [0.25, 0.3) is 5.91 Å². The van der Waals surface area contributed by atoms with E-state index in [9.17, 15) is 19.2 Å². The molecule has 180 valence electrons. The van der Waals surface area contributed by atoms with Gasteiger partial charge in [-0.2, -0.15) is 0 Å². The number of carbonyl (C=O) groups is 4. The SMILES string of the molecule is COC(=O)c1ccc(CN2C(=O)N/C(=C\c3cc(OC)c(O[C@H](C)C(=O)O)c(Br)c3Br)C2=O)o1. The molecule has 34 heavy (non-hydrogen) atoms. The second-order valence-corrected chi connectivity index (χ2v) is 8.45. The summed E-state index contributed by atoms with van der Waals surface area (Å²) in [6.07, 6.45) is 0.274. The molecule has 3 rings (SSSR count). The molecule has 2 aromatic rings. The van der Waals surface area contributed by atoms with E-state index in [0.717, 1.165) is 4.90 Å². The molecule has 1 aromatic carbocycles. The summed E-state index contributed by atoms with van der Waals surface area (Å²) in [5.41, 5.74) is 0.419. The van der Waals surface area contributed by atoms with Gasteiger partial charge < -0.3 is 29.1 Å². The molecule has 1 fully saturated rings. The van der Waals surface area contributed by atoms with Crippen LogP contribution in [0.1, 0.15) is 28.8 Å². The first-order valence-corrected chi connectivity index (χ1v) is 11.1. The number of ether oxygens (including phenoxy) is 3. The maximum atomic E-state index is 12.9. The van der Waals surface area contributed by atoms with Crippen molar-refractivity contribution in [3.8, 4) is 11.5 Å². The van der Waals surface area contributed by atoms with E-state index in [0.29, 0.717) is 14.5 Å². The van der Waals surface area contributed by atoms with Crippen molar-refractivity contribution in [1.82, 2.24) is 10.2 Å². The van der Waals surface area contributed by atoms with Crippen LogP contribution in [0.5, 0.6) is 11.5 Å². The number of benzene rings is 1. The third-order valence-electron chi connectivity index (χ3n) is 4.64. The molecule has 13 heteroatoms. The normalized spacial score (nSPS) is 15.3. The molecule has 0 radical (unpaired) electrons. The van der Waals surface area contributed by atoms with Gasteiger partial charge in [0, 0.05) is 4.47 Å². The number of hydrogen-bond acceptors (Lipinski definition) is 8. The second-order valence-electron chi connectivity index (χ2n) is 6.86. The fourth-order valence-corrected chi connectivity index (χ4v) is 3.82. The summed E-state index contributed by atoms with van der Waals surface area (Å²) in [7, 11) is 2.58. The molecule has 0 bridgehead atoms. The summed E-state index contributed by atoms with van der Waals surface area (Å²) >= 11 is 6.73. The van der Waals surface area contributed by atoms with Gasteiger partial charge in [-0.3, -0.25) is 9.69 Å². The van der Waals surface area contributed by atoms with E-state index >= 15 is 0 Å². The molecule has 1 saturated heterocycles. The lowest BCUT2D eigenvalue weighted by Gasteiger charge is -2.17. The maximum absolute atomic E-state index is 12.9. The quantitative estimate of drug-likeness (QED) is 0.263. The van der Waals surface area contributed by atoms with Crippen LogP contribution in [0.2, 0.25) is 0 Å². The van der Waals surface area contributed by atoms with Crippen LogP contribution in [0.4, 0.5) is 4.79 Å². The van der Waals surface area contributed by atoms with Crippen molar-refractivity contribution in [2.75, 3.05) is 14.2 Å². The van der Waals surface area contributed by atoms with Crippen molar-refractivity contribution < 1.29 is 42.9 Å². The van der Waals surface area contributed by atoms with E-state index in [1.54, 1.807) is 0 Å². The minimum Gasteiger partial charge on any atom is -0.493 e. The predicted molar refractivity (Wildman–Crippen MR) is 123 cm³/mol. The number of methoxy groups -OCH3 is 2. The first kappa shape index (κ1) is 25.3. The van der Waals surface area contributed by atoms with E-state index in [-0.39, 0.29) is 35.3 Å². The monoisotopic (exact) mass is 600 g/mol. The van der Waals surface area contributed by atoms with E-state index in [2.05, 4.69) is 41.9 Å². The molecule has 0 saturated carbocycles. The molecular formula is C21H18Br2N2O9. The van der Waals surface area contributed by atoms with Crippen molar-refractivity contribution >= 4 is 61.8 Å². The van der Waals surface area contributed by atoms with Crippen LogP contribution in [0.3, 0.4) is 0 Å². The number of aliphatic carboxylic acids is 1. The van der Waals surface area contributed by atoms with E-state index in [1.807, 2.05) is 0 Å². The fourth-order valence-electron chi connectivity index (χ4n) is 2.90. The van der Waals surface area contributed by atoms with Gasteiger partial charge in [0.15, 0.2) is 17.6 Å². The molecular weight excluding hydrogens is 584 g/mol. The summed E-state index contributed by atoms with van der Waals surface area (Å²) in [6, 6.07) is 3.68. The van der Waals surface area contributed by atoms with Crippen molar-refractivity contribution in [3.63, 3.8) is 0 Å². The average molecular weight is 602 g/mol. The van der Waals surface area contributed by atoms with E-state index in [1.165, 1.54) is 45.4 Å². The Morgan fingerprint density at radius 2 is 1.94 bits per heavy atom. The van der Waals surface area contributed by atoms with E-state index in [4.69, 9.17) is 19.0 Å². The molecule has 1 atom stereocenters. The summed E-state index contributed by atoms with van der Waals surface area (Å²) in [4.78, 5) is 48.9. The van der Waals surface area contributed by atoms with Crippen molar-refractivity contribution in [3.05, 3.63) is 49.9 Å². The smallest absolute Gasteiger partial charge is 0.373 e. The van der Waals surface area contributed by atoms with Gasteiger partial charge in [-0.25, -0.2) is 14.4 Å². The first-order chi connectivity index (χ1) is 16.1. The van der Waals surface area contributed by atoms with Gasteiger partial charge in [0.1, 0.15) is 11.5 Å². The van der Waals surface area contributed by atoms with Crippen molar-refractivity contribution in [2.24, 2.45) is 0 Å². The molecule has 1 aliphatic rings. The summed E-state index contributed by atoms with van der Waals surface area (Å²) in [6.45, 7) is 1.17. The number of nitrogens with one attached hydrogen (secondary N) is 1. The Hall–Kier alpha value is -3.32. The van der Waals surface area contributed by atoms with Gasteiger partial charge in [-0.1, -0.05) is 0 Å². The Morgan fingerprint density at radius 3 is 2.56 bits per heavy atom. The highest BCUT2D eigenvalue weighted by molar-refractivity contribution is 9.13. The van der Waals surface area contributed by atoms with Gasteiger partial charge in [0.05, 0.1) is 25.2 Å². The Kier molecular flexibility index (Phi) is 7.67. The van der Waals surface area contributed by atoms with Crippen LogP contribution in [0, 0.1) is 0 Å². The number of urea groups is 1. The van der Waals surface area contributed by atoms with Crippen molar-refractivity contribution in [2.45, 2.75) is 19.6 Å². The predicted octanol–water partition coefficient (Wildman–Crippen LogP) is 3.54. The molecule has 2 N–H and O–H groups in total. The molecule has 0 aliphatic carbocycles. The Labute approximate surface area is 209 Å². The van der Waals surface area contributed by atoms with Gasteiger partial charge in [-0.15, -0.1) is 0 Å². The number of amides is 3.